The van der Waals surface area contributed by atoms with Crippen LogP contribution in [0.5, 0.6) is 0 Å². The van der Waals surface area contributed by atoms with Crippen molar-refractivity contribution >= 4 is 0 Å². The molecule has 2 aliphatic rings. The molecular weight excluding hydrogens is 202 g/mol. The molecule has 3 atom stereocenters. The van der Waals surface area contributed by atoms with Crippen LogP contribution < -0.4 is 5.73 Å². The van der Waals surface area contributed by atoms with Crippen molar-refractivity contribution in [1.29, 1.82) is 0 Å². The van der Waals surface area contributed by atoms with Gasteiger partial charge in [-0.15, -0.1) is 0 Å². The molecule has 2 fully saturated rings. The van der Waals surface area contributed by atoms with E-state index in [1.54, 1.807) is 0 Å². The molecule has 16 heavy (non-hydrogen) atoms. The minimum atomic E-state index is 0.0114. The smallest absolute Gasteiger partial charge is 0.0939 e. The van der Waals surface area contributed by atoms with Crippen LogP contribution in [0.25, 0.3) is 0 Å². The second-order valence-electron chi connectivity index (χ2n) is 5.88. The van der Waals surface area contributed by atoms with Crippen molar-refractivity contribution in [3.05, 3.63) is 0 Å². The van der Waals surface area contributed by atoms with Crippen LogP contribution in [0.3, 0.4) is 0 Å². The zero-order valence-electron chi connectivity index (χ0n) is 10.6. The quantitative estimate of drug-likeness (QED) is 0.801. The van der Waals surface area contributed by atoms with E-state index < -0.39 is 0 Å². The second-order valence-corrected chi connectivity index (χ2v) is 5.88. The summed E-state index contributed by atoms with van der Waals surface area (Å²) in [5.74, 6) is 1.31. The molecule has 0 aromatic heterocycles. The van der Waals surface area contributed by atoms with Crippen molar-refractivity contribution in [2.24, 2.45) is 17.6 Å². The lowest BCUT2D eigenvalue weighted by Gasteiger charge is -2.39. The standard InChI is InChI=1S/C13H25NO2/c1-10(2)7-12(14)11-3-5-16-13(8-11)4-6-15-9-13/h10-12H,3-9,14H2,1-2H3. The van der Waals surface area contributed by atoms with Crippen molar-refractivity contribution in [2.45, 2.75) is 51.2 Å². The highest BCUT2D eigenvalue weighted by atomic mass is 16.6. The largest absolute Gasteiger partial charge is 0.378 e. The monoisotopic (exact) mass is 227 g/mol. The number of rotatable bonds is 3. The molecule has 0 radical (unpaired) electrons. The molecule has 2 heterocycles. The van der Waals surface area contributed by atoms with E-state index in [9.17, 15) is 0 Å². The molecule has 3 nitrogen and oxygen atoms in total. The molecule has 0 aliphatic carbocycles. The Balaban J connectivity index is 1.90. The van der Waals surface area contributed by atoms with Crippen molar-refractivity contribution in [1.82, 2.24) is 0 Å². The summed E-state index contributed by atoms with van der Waals surface area (Å²) in [4.78, 5) is 0. The third-order valence-electron chi connectivity index (χ3n) is 3.95. The summed E-state index contributed by atoms with van der Waals surface area (Å²) < 4.78 is 11.4. The molecule has 0 aromatic rings. The molecule has 0 amide bonds. The maximum absolute atomic E-state index is 6.30. The van der Waals surface area contributed by atoms with Gasteiger partial charge < -0.3 is 15.2 Å². The number of ether oxygens (including phenoxy) is 2. The molecule has 1 spiro atoms. The average Bonchev–Trinajstić information content (AvgIpc) is 2.65. The second kappa shape index (κ2) is 5.03. The Morgan fingerprint density at radius 3 is 2.81 bits per heavy atom. The first-order valence-corrected chi connectivity index (χ1v) is 6.59. The Morgan fingerprint density at radius 2 is 2.19 bits per heavy atom. The van der Waals surface area contributed by atoms with Crippen molar-refractivity contribution in [3.63, 3.8) is 0 Å². The lowest BCUT2D eigenvalue weighted by atomic mass is 9.79. The van der Waals surface area contributed by atoms with E-state index in [2.05, 4.69) is 13.8 Å². The molecule has 2 rings (SSSR count). The number of nitrogens with two attached hydrogens (primary N) is 1. The fraction of sp³-hybridized carbons (Fsp3) is 1.00. The van der Waals surface area contributed by atoms with E-state index in [-0.39, 0.29) is 5.60 Å². The summed E-state index contributed by atoms with van der Waals surface area (Å²) in [5, 5.41) is 0. The van der Waals surface area contributed by atoms with Gasteiger partial charge in [-0.1, -0.05) is 13.8 Å². The van der Waals surface area contributed by atoms with Gasteiger partial charge in [0.05, 0.1) is 12.2 Å². The summed E-state index contributed by atoms with van der Waals surface area (Å²) >= 11 is 0. The first-order valence-electron chi connectivity index (χ1n) is 6.59. The zero-order chi connectivity index (χ0) is 11.6. The van der Waals surface area contributed by atoms with Crippen molar-refractivity contribution in [3.8, 4) is 0 Å². The molecule has 0 saturated carbocycles. The highest BCUT2D eigenvalue weighted by Crippen LogP contribution is 2.37. The summed E-state index contributed by atoms with van der Waals surface area (Å²) in [5.41, 5.74) is 6.32. The molecule has 2 N–H and O–H groups in total. The van der Waals surface area contributed by atoms with E-state index in [4.69, 9.17) is 15.2 Å². The van der Waals surface area contributed by atoms with Gasteiger partial charge >= 0.3 is 0 Å². The molecule has 94 valence electrons. The van der Waals surface area contributed by atoms with E-state index in [0.29, 0.717) is 17.9 Å². The maximum Gasteiger partial charge on any atom is 0.0939 e. The Morgan fingerprint density at radius 1 is 1.38 bits per heavy atom. The Hall–Kier alpha value is -0.120. The van der Waals surface area contributed by atoms with Gasteiger partial charge in [0, 0.05) is 25.7 Å². The van der Waals surface area contributed by atoms with Gasteiger partial charge in [-0.2, -0.15) is 0 Å². The normalized spacial score (nSPS) is 37.1. The van der Waals surface area contributed by atoms with Crippen LogP contribution in [0.2, 0.25) is 0 Å². The van der Waals surface area contributed by atoms with Crippen molar-refractivity contribution in [2.75, 3.05) is 19.8 Å². The lowest BCUT2D eigenvalue weighted by Crippen LogP contribution is -2.46. The van der Waals surface area contributed by atoms with Gasteiger partial charge in [0.25, 0.3) is 0 Å². The van der Waals surface area contributed by atoms with E-state index in [0.717, 1.165) is 45.5 Å². The number of hydrogen-bond acceptors (Lipinski definition) is 3. The third kappa shape index (κ3) is 2.76. The van der Waals surface area contributed by atoms with Gasteiger partial charge in [-0.25, -0.2) is 0 Å². The van der Waals surface area contributed by atoms with Crippen LogP contribution in [-0.2, 0) is 9.47 Å². The van der Waals surface area contributed by atoms with Crippen molar-refractivity contribution < 1.29 is 9.47 Å². The van der Waals surface area contributed by atoms with E-state index in [1.165, 1.54) is 0 Å². The zero-order valence-corrected chi connectivity index (χ0v) is 10.6. The fourth-order valence-electron chi connectivity index (χ4n) is 3.03. The predicted octanol–water partition coefficient (Wildman–Crippen LogP) is 1.95. The highest BCUT2D eigenvalue weighted by Gasteiger charge is 2.42. The first-order chi connectivity index (χ1) is 7.61. The van der Waals surface area contributed by atoms with Crippen LogP contribution >= 0.6 is 0 Å². The molecule has 3 heteroatoms. The molecule has 0 aromatic carbocycles. The third-order valence-corrected chi connectivity index (χ3v) is 3.95. The SMILES string of the molecule is CC(C)CC(N)C1CCOC2(CCOC2)C1. The Labute approximate surface area is 98.7 Å². The maximum atomic E-state index is 6.30. The molecule has 3 unspecified atom stereocenters. The number of hydrogen-bond donors (Lipinski definition) is 1. The van der Waals surface area contributed by atoms with Gasteiger partial charge in [0.15, 0.2) is 0 Å². The van der Waals surface area contributed by atoms with Crippen LogP contribution in [0.1, 0.15) is 39.5 Å². The predicted molar refractivity (Wildman–Crippen MR) is 64.3 cm³/mol. The Kier molecular flexibility index (Phi) is 3.88. The Bertz CT molecular complexity index is 224. The van der Waals surface area contributed by atoms with Crippen LogP contribution in [0.4, 0.5) is 0 Å². The fourth-order valence-corrected chi connectivity index (χ4v) is 3.03. The van der Waals surface area contributed by atoms with Crippen LogP contribution in [0, 0.1) is 11.8 Å². The first kappa shape index (κ1) is 12.3. The van der Waals surface area contributed by atoms with Gasteiger partial charge in [0.1, 0.15) is 0 Å². The summed E-state index contributed by atoms with van der Waals surface area (Å²) in [6.45, 7) is 6.98. The van der Waals surface area contributed by atoms with E-state index in [1.807, 2.05) is 0 Å². The summed E-state index contributed by atoms with van der Waals surface area (Å²) in [6.07, 6.45) is 4.40. The minimum absolute atomic E-state index is 0.0114. The van der Waals surface area contributed by atoms with Crippen LogP contribution in [-0.4, -0.2) is 31.5 Å². The lowest BCUT2D eigenvalue weighted by molar-refractivity contribution is -0.102. The van der Waals surface area contributed by atoms with Gasteiger partial charge in [-0.05, 0) is 31.1 Å². The highest BCUT2D eigenvalue weighted by molar-refractivity contribution is 4.93. The molecular formula is C13H25NO2. The topological polar surface area (TPSA) is 44.5 Å². The van der Waals surface area contributed by atoms with Crippen LogP contribution in [0.15, 0.2) is 0 Å². The van der Waals surface area contributed by atoms with E-state index >= 15 is 0 Å². The average molecular weight is 227 g/mol. The van der Waals surface area contributed by atoms with Gasteiger partial charge in [-0.3, -0.25) is 0 Å². The molecule has 0 bridgehead atoms. The molecule has 2 saturated heterocycles. The summed E-state index contributed by atoms with van der Waals surface area (Å²) in [6, 6.07) is 0.335. The minimum Gasteiger partial charge on any atom is -0.378 e. The molecule has 2 aliphatic heterocycles. The summed E-state index contributed by atoms with van der Waals surface area (Å²) in [7, 11) is 0. The van der Waals surface area contributed by atoms with Gasteiger partial charge in [0.2, 0.25) is 0 Å².